The van der Waals surface area contributed by atoms with E-state index < -0.39 is 8.80 Å². The van der Waals surface area contributed by atoms with Crippen molar-refractivity contribution in [1.29, 1.82) is 0 Å². The standard InChI is InChI=1S/C23H37FSi/c1-2-3-4-19-5-7-20(8-6-19)13-16-25-17-14-22(15-18-25)21-9-11-23(24)12-10-21/h9-12,19-20,22,25H,2-8,13-18H2,1H3. The SMILES string of the molecule is CCCCC1CCC(CC[SiH]2CCC(c3ccc(F)cc3)CC2)CC1. The summed E-state index contributed by atoms with van der Waals surface area (Å²) in [5.41, 5.74) is 1.37. The molecule has 0 atom stereocenters. The first-order chi connectivity index (χ1) is 12.2. The van der Waals surface area contributed by atoms with E-state index in [-0.39, 0.29) is 5.82 Å². The van der Waals surface area contributed by atoms with E-state index in [1.807, 2.05) is 12.1 Å². The van der Waals surface area contributed by atoms with Gasteiger partial charge in [-0.3, -0.25) is 0 Å². The molecule has 0 radical (unpaired) electrons. The molecular weight excluding hydrogens is 323 g/mol. The lowest BCUT2D eigenvalue weighted by molar-refractivity contribution is 0.254. The lowest BCUT2D eigenvalue weighted by Gasteiger charge is -2.31. The highest BCUT2D eigenvalue weighted by Crippen LogP contribution is 2.38. The van der Waals surface area contributed by atoms with Crippen LogP contribution in [0.2, 0.25) is 18.1 Å². The van der Waals surface area contributed by atoms with E-state index in [1.165, 1.54) is 75.4 Å². The summed E-state index contributed by atoms with van der Waals surface area (Å²) in [5, 5.41) is 0. The number of hydrogen-bond donors (Lipinski definition) is 0. The number of halogens is 1. The Morgan fingerprint density at radius 2 is 1.48 bits per heavy atom. The van der Waals surface area contributed by atoms with E-state index in [0.29, 0.717) is 5.92 Å². The molecule has 140 valence electrons. The first kappa shape index (κ1) is 19.1. The van der Waals surface area contributed by atoms with E-state index in [0.717, 1.165) is 11.8 Å². The largest absolute Gasteiger partial charge is 0.207 e. The fraction of sp³-hybridized carbons (Fsp3) is 0.739. The summed E-state index contributed by atoms with van der Waals surface area (Å²) in [6.45, 7) is 2.32. The number of rotatable bonds is 7. The van der Waals surface area contributed by atoms with Crippen molar-refractivity contribution in [2.45, 2.75) is 95.2 Å². The highest BCUT2D eigenvalue weighted by molar-refractivity contribution is 6.59. The molecule has 2 aliphatic rings. The molecule has 0 amide bonds. The molecule has 0 N–H and O–H groups in total. The molecule has 1 heterocycles. The van der Waals surface area contributed by atoms with Crippen LogP contribution in [0.1, 0.15) is 82.6 Å². The number of unbranched alkanes of at least 4 members (excludes halogenated alkanes) is 1. The van der Waals surface area contributed by atoms with Gasteiger partial charge >= 0.3 is 0 Å². The van der Waals surface area contributed by atoms with Crippen LogP contribution in [0.3, 0.4) is 0 Å². The lowest BCUT2D eigenvalue weighted by atomic mass is 9.79. The molecule has 0 bridgehead atoms. The van der Waals surface area contributed by atoms with Gasteiger partial charge in [-0.15, -0.1) is 0 Å². The Labute approximate surface area is 156 Å². The molecule has 1 aromatic carbocycles. The second-order valence-electron chi connectivity index (χ2n) is 8.88. The molecule has 1 aliphatic heterocycles. The van der Waals surface area contributed by atoms with Crippen molar-refractivity contribution in [3.8, 4) is 0 Å². The monoisotopic (exact) mass is 360 g/mol. The smallest absolute Gasteiger partial charge is 0.123 e. The van der Waals surface area contributed by atoms with Crippen molar-refractivity contribution in [2.24, 2.45) is 11.8 Å². The summed E-state index contributed by atoms with van der Waals surface area (Å²) in [6, 6.07) is 11.9. The van der Waals surface area contributed by atoms with Gasteiger partial charge in [0.25, 0.3) is 0 Å². The Hall–Kier alpha value is -0.633. The Bertz CT molecular complexity index is 481. The zero-order valence-electron chi connectivity index (χ0n) is 16.2. The maximum atomic E-state index is 13.1. The highest BCUT2D eigenvalue weighted by Gasteiger charge is 2.25. The quantitative estimate of drug-likeness (QED) is 0.447. The Kier molecular flexibility index (Phi) is 7.58. The van der Waals surface area contributed by atoms with Crippen molar-refractivity contribution in [3.63, 3.8) is 0 Å². The minimum absolute atomic E-state index is 0.101. The van der Waals surface area contributed by atoms with Crippen LogP contribution in [-0.2, 0) is 0 Å². The van der Waals surface area contributed by atoms with E-state index in [9.17, 15) is 4.39 Å². The summed E-state index contributed by atoms with van der Waals surface area (Å²) in [6.07, 6.45) is 14.7. The second-order valence-corrected chi connectivity index (χ2v) is 12.3. The molecular formula is C23H37FSi. The van der Waals surface area contributed by atoms with E-state index in [4.69, 9.17) is 0 Å². The molecule has 1 aliphatic carbocycles. The second kappa shape index (κ2) is 9.90. The van der Waals surface area contributed by atoms with Crippen LogP contribution in [-0.4, -0.2) is 8.80 Å². The van der Waals surface area contributed by atoms with Crippen LogP contribution >= 0.6 is 0 Å². The van der Waals surface area contributed by atoms with Gasteiger partial charge in [0.15, 0.2) is 0 Å². The van der Waals surface area contributed by atoms with Crippen LogP contribution in [0.4, 0.5) is 4.39 Å². The van der Waals surface area contributed by atoms with Gasteiger partial charge in [0.05, 0.1) is 0 Å². The molecule has 2 heteroatoms. The Morgan fingerprint density at radius 3 is 2.08 bits per heavy atom. The highest BCUT2D eigenvalue weighted by atomic mass is 28.3. The van der Waals surface area contributed by atoms with E-state index >= 15 is 0 Å². The van der Waals surface area contributed by atoms with E-state index in [1.54, 1.807) is 24.6 Å². The first-order valence-corrected chi connectivity index (χ1v) is 13.4. The zero-order valence-corrected chi connectivity index (χ0v) is 17.3. The fourth-order valence-electron chi connectivity index (χ4n) is 5.29. The molecule has 25 heavy (non-hydrogen) atoms. The fourth-order valence-corrected chi connectivity index (χ4v) is 8.85. The van der Waals surface area contributed by atoms with Crippen molar-refractivity contribution < 1.29 is 4.39 Å². The number of benzene rings is 1. The van der Waals surface area contributed by atoms with Gasteiger partial charge < -0.3 is 0 Å². The van der Waals surface area contributed by atoms with Gasteiger partial charge in [0, 0.05) is 8.80 Å². The first-order valence-electron chi connectivity index (χ1n) is 11.0. The molecule has 0 spiro atoms. The van der Waals surface area contributed by atoms with Crippen molar-refractivity contribution in [3.05, 3.63) is 35.6 Å². The molecule has 0 aromatic heterocycles. The van der Waals surface area contributed by atoms with Crippen LogP contribution in [0, 0.1) is 17.7 Å². The topological polar surface area (TPSA) is 0 Å². The predicted molar refractivity (Wildman–Crippen MR) is 110 cm³/mol. The summed E-state index contributed by atoms with van der Waals surface area (Å²) in [7, 11) is -0.477. The third-order valence-electron chi connectivity index (χ3n) is 7.10. The van der Waals surface area contributed by atoms with Gasteiger partial charge in [0.1, 0.15) is 5.82 Å². The van der Waals surface area contributed by atoms with Crippen molar-refractivity contribution >= 4 is 8.80 Å². The molecule has 0 nitrogen and oxygen atoms in total. The van der Waals surface area contributed by atoms with Gasteiger partial charge in [-0.05, 0) is 48.3 Å². The molecule has 1 aromatic rings. The molecule has 2 fully saturated rings. The van der Waals surface area contributed by atoms with Crippen LogP contribution in [0.15, 0.2) is 24.3 Å². The Balaban J connectivity index is 1.32. The minimum atomic E-state index is -0.477. The summed E-state index contributed by atoms with van der Waals surface area (Å²) in [5.74, 6) is 2.72. The Morgan fingerprint density at radius 1 is 0.880 bits per heavy atom. The van der Waals surface area contributed by atoms with Crippen molar-refractivity contribution in [2.75, 3.05) is 0 Å². The third-order valence-corrected chi connectivity index (χ3v) is 10.6. The van der Waals surface area contributed by atoms with Crippen molar-refractivity contribution in [1.82, 2.24) is 0 Å². The maximum Gasteiger partial charge on any atom is 0.123 e. The third kappa shape index (κ3) is 5.94. The maximum absolute atomic E-state index is 13.1. The summed E-state index contributed by atoms with van der Waals surface area (Å²) in [4.78, 5) is 0. The van der Waals surface area contributed by atoms with Crippen LogP contribution < -0.4 is 0 Å². The van der Waals surface area contributed by atoms with Crippen LogP contribution in [0.25, 0.3) is 0 Å². The van der Waals surface area contributed by atoms with Gasteiger partial charge in [-0.1, -0.05) is 88.6 Å². The molecule has 0 unspecified atom stereocenters. The summed E-state index contributed by atoms with van der Waals surface area (Å²) < 4.78 is 13.1. The molecule has 1 saturated heterocycles. The zero-order chi connectivity index (χ0) is 17.5. The van der Waals surface area contributed by atoms with Gasteiger partial charge in [0.2, 0.25) is 0 Å². The number of hydrogen-bond acceptors (Lipinski definition) is 0. The van der Waals surface area contributed by atoms with Crippen LogP contribution in [0.5, 0.6) is 0 Å². The minimum Gasteiger partial charge on any atom is -0.207 e. The lowest BCUT2D eigenvalue weighted by Crippen LogP contribution is -2.22. The molecule has 1 saturated carbocycles. The average Bonchev–Trinajstić information content (AvgIpc) is 2.67. The predicted octanol–water partition coefficient (Wildman–Crippen LogP) is 7.32. The molecule has 3 rings (SSSR count). The summed E-state index contributed by atoms with van der Waals surface area (Å²) >= 11 is 0. The normalized spacial score (nSPS) is 30.3. The van der Waals surface area contributed by atoms with Gasteiger partial charge in [-0.25, -0.2) is 4.39 Å². The van der Waals surface area contributed by atoms with E-state index in [2.05, 4.69) is 6.92 Å². The van der Waals surface area contributed by atoms with Gasteiger partial charge in [-0.2, -0.15) is 0 Å². The average molecular weight is 361 g/mol.